The van der Waals surface area contributed by atoms with Crippen LogP contribution in [0.4, 0.5) is 0 Å². The summed E-state index contributed by atoms with van der Waals surface area (Å²) in [5.41, 5.74) is 0.662. The zero-order chi connectivity index (χ0) is 16.1. The molecule has 0 unspecified atom stereocenters. The van der Waals surface area contributed by atoms with Gasteiger partial charge in [-0.3, -0.25) is 14.9 Å². The molecule has 0 aromatic heterocycles. The Hall–Kier alpha value is -2.09. The van der Waals surface area contributed by atoms with Crippen molar-refractivity contribution in [3.63, 3.8) is 0 Å². The summed E-state index contributed by atoms with van der Waals surface area (Å²) in [5, 5.41) is 11.1. The van der Waals surface area contributed by atoms with E-state index in [9.17, 15) is 14.9 Å². The molecule has 0 spiro atoms. The first-order chi connectivity index (χ1) is 10.5. The molecule has 1 aromatic rings. The Morgan fingerprint density at radius 2 is 2.14 bits per heavy atom. The largest absolute Gasteiger partial charge is 0.466 e. The van der Waals surface area contributed by atoms with Crippen LogP contribution in [0.25, 0.3) is 6.08 Å². The van der Waals surface area contributed by atoms with Gasteiger partial charge < -0.3 is 14.2 Å². The normalized spacial score (nSPS) is 13.1. The number of rotatable bonds is 6. The number of benzene rings is 1. The third-order valence-electron chi connectivity index (χ3n) is 2.93. The third-order valence-corrected chi connectivity index (χ3v) is 3.62. The number of hydrogen-bond acceptors (Lipinski definition) is 6. The molecule has 0 atom stereocenters. The van der Waals surface area contributed by atoms with Gasteiger partial charge in [0, 0.05) is 23.9 Å². The summed E-state index contributed by atoms with van der Waals surface area (Å²) in [6, 6.07) is 3.40. The van der Waals surface area contributed by atoms with Crippen molar-refractivity contribution >= 4 is 28.0 Å². The van der Waals surface area contributed by atoms with Crippen molar-refractivity contribution in [3.05, 3.63) is 38.0 Å². The highest BCUT2D eigenvalue weighted by Crippen LogP contribution is 2.37. The number of esters is 1. The predicted molar refractivity (Wildman–Crippen MR) is 81.1 cm³/mol. The minimum Gasteiger partial charge on any atom is -0.466 e. The molecular weight excluding hydrogens is 358 g/mol. The maximum Gasteiger partial charge on any atom is 0.302 e. The monoisotopic (exact) mass is 371 g/mol. The Morgan fingerprint density at radius 3 is 2.77 bits per heavy atom. The molecule has 22 heavy (non-hydrogen) atoms. The minimum absolute atomic E-state index is 0.0340. The van der Waals surface area contributed by atoms with Gasteiger partial charge in [0.1, 0.15) is 0 Å². The number of hydrogen-bond donors (Lipinski definition) is 0. The van der Waals surface area contributed by atoms with Gasteiger partial charge in [-0.05, 0) is 24.1 Å². The first kappa shape index (κ1) is 16.3. The van der Waals surface area contributed by atoms with Crippen molar-refractivity contribution in [2.24, 2.45) is 0 Å². The van der Waals surface area contributed by atoms with Gasteiger partial charge in [-0.15, -0.1) is 0 Å². The Kier molecular flexibility index (Phi) is 5.37. The number of nitro groups is 1. The maximum absolute atomic E-state index is 11.1. The van der Waals surface area contributed by atoms with Crippen molar-refractivity contribution in [1.82, 2.24) is 0 Å². The van der Waals surface area contributed by atoms with Crippen LogP contribution in [0.3, 0.4) is 0 Å². The van der Waals surface area contributed by atoms with E-state index in [2.05, 4.69) is 15.9 Å². The lowest BCUT2D eigenvalue weighted by molar-refractivity contribution is -0.426. The van der Waals surface area contributed by atoms with Crippen molar-refractivity contribution in [1.29, 1.82) is 0 Å². The molecule has 1 aliphatic rings. The third kappa shape index (κ3) is 4.20. The van der Waals surface area contributed by atoms with Crippen LogP contribution in [0.15, 0.2) is 22.3 Å². The zero-order valence-corrected chi connectivity index (χ0v) is 13.4. The van der Waals surface area contributed by atoms with E-state index in [1.54, 1.807) is 12.1 Å². The number of halogens is 1. The summed E-state index contributed by atoms with van der Waals surface area (Å²) in [4.78, 5) is 21.4. The lowest BCUT2D eigenvalue weighted by atomic mass is 10.1. The van der Waals surface area contributed by atoms with Crippen LogP contribution in [0, 0.1) is 10.1 Å². The smallest absolute Gasteiger partial charge is 0.302 e. The number of fused-ring (bicyclic) bond motifs is 1. The van der Waals surface area contributed by atoms with Crippen LogP contribution >= 0.6 is 15.9 Å². The van der Waals surface area contributed by atoms with E-state index in [1.807, 2.05) is 0 Å². The highest BCUT2D eigenvalue weighted by Gasteiger charge is 2.18. The maximum atomic E-state index is 11.1. The summed E-state index contributed by atoms with van der Waals surface area (Å²) in [6.07, 6.45) is 2.05. The number of carbonyl (C=O) groups is 1. The van der Waals surface area contributed by atoms with Crippen molar-refractivity contribution in [2.75, 3.05) is 13.4 Å². The molecule has 1 aliphatic heterocycles. The Labute approximate surface area is 135 Å². The quantitative estimate of drug-likeness (QED) is 0.330. The molecule has 0 fully saturated rings. The summed E-state index contributed by atoms with van der Waals surface area (Å²) in [6.45, 7) is 1.59. The highest BCUT2D eigenvalue weighted by atomic mass is 79.9. The highest BCUT2D eigenvalue weighted by molar-refractivity contribution is 9.10. The number of nitrogens with zero attached hydrogens (tertiary/aromatic N) is 1. The van der Waals surface area contributed by atoms with Crippen LogP contribution < -0.4 is 9.47 Å². The van der Waals surface area contributed by atoms with E-state index in [1.165, 1.54) is 13.0 Å². The molecule has 1 aromatic carbocycles. The lowest BCUT2D eigenvalue weighted by Crippen LogP contribution is -2.04. The Balaban J connectivity index is 2.12. The van der Waals surface area contributed by atoms with Gasteiger partial charge in [0.2, 0.25) is 12.5 Å². The van der Waals surface area contributed by atoms with Gasteiger partial charge in [0.05, 0.1) is 11.5 Å². The number of allylic oxidation sites excluding steroid dienone is 1. The van der Waals surface area contributed by atoms with Crippen LogP contribution in [0.5, 0.6) is 11.5 Å². The van der Waals surface area contributed by atoms with E-state index >= 15 is 0 Å². The summed E-state index contributed by atoms with van der Waals surface area (Å²) in [7, 11) is 0. The van der Waals surface area contributed by atoms with E-state index in [0.29, 0.717) is 28.0 Å². The molecule has 0 N–H and O–H groups in total. The van der Waals surface area contributed by atoms with Gasteiger partial charge in [0.25, 0.3) is 0 Å². The van der Waals surface area contributed by atoms with Gasteiger partial charge >= 0.3 is 5.97 Å². The summed E-state index contributed by atoms with van der Waals surface area (Å²) < 4.78 is 15.9. The first-order valence-corrected chi connectivity index (χ1v) is 7.34. The average molecular weight is 372 g/mol. The van der Waals surface area contributed by atoms with E-state index in [4.69, 9.17) is 14.2 Å². The molecule has 1 heterocycles. The van der Waals surface area contributed by atoms with Gasteiger partial charge in [-0.25, -0.2) is 0 Å². The molecule has 0 saturated heterocycles. The standard InChI is InChI=1S/C14H14BrNO6/c1-9(17)20-4-2-3-11(16(18)19)5-10-6-13-14(7-12(10)15)22-8-21-13/h5-7H,2-4,8H2,1H3/b11-5-. The van der Waals surface area contributed by atoms with Crippen molar-refractivity contribution in [3.8, 4) is 11.5 Å². The van der Waals surface area contributed by atoms with Crippen molar-refractivity contribution < 1.29 is 23.9 Å². The lowest BCUT2D eigenvalue weighted by Gasteiger charge is -2.04. The minimum atomic E-state index is -0.440. The predicted octanol–water partition coefficient (Wildman–Crippen LogP) is 3.14. The fraction of sp³-hybridized carbons (Fsp3) is 0.357. The second-order valence-corrected chi connectivity index (χ2v) is 5.42. The average Bonchev–Trinajstić information content (AvgIpc) is 2.88. The molecule has 7 nitrogen and oxygen atoms in total. The number of ether oxygens (including phenoxy) is 3. The molecule has 0 bridgehead atoms. The van der Waals surface area contributed by atoms with Gasteiger partial charge in [0.15, 0.2) is 11.5 Å². The molecule has 0 aliphatic carbocycles. The van der Waals surface area contributed by atoms with E-state index < -0.39 is 10.9 Å². The molecule has 2 rings (SSSR count). The fourth-order valence-electron chi connectivity index (χ4n) is 1.91. The van der Waals surface area contributed by atoms with Gasteiger partial charge in [-0.2, -0.15) is 0 Å². The fourth-order valence-corrected chi connectivity index (χ4v) is 2.35. The van der Waals surface area contributed by atoms with Crippen LogP contribution in [0.2, 0.25) is 0 Å². The molecule has 0 saturated carbocycles. The first-order valence-electron chi connectivity index (χ1n) is 6.55. The SMILES string of the molecule is CC(=O)OCCC/C(=C/c1cc2c(cc1Br)OCO2)[N+](=O)[O-]. The molecule has 0 amide bonds. The Bertz CT molecular complexity index is 628. The Morgan fingerprint density at radius 1 is 1.45 bits per heavy atom. The van der Waals surface area contributed by atoms with E-state index in [0.717, 1.165) is 0 Å². The van der Waals surface area contributed by atoms with Crippen LogP contribution in [-0.4, -0.2) is 24.3 Å². The summed E-state index contributed by atoms with van der Waals surface area (Å²) in [5.74, 6) is 0.753. The van der Waals surface area contributed by atoms with Crippen molar-refractivity contribution in [2.45, 2.75) is 19.8 Å². The second kappa shape index (κ2) is 7.26. The number of carbonyl (C=O) groups excluding carboxylic acids is 1. The molecule has 118 valence electrons. The zero-order valence-electron chi connectivity index (χ0n) is 11.8. The second-order valence-electron chi connectivity index (χ2n) is 4.56. The van der Waals surface area contributed by atoms with E-state index in [-0.39, 0.29) is 25.5 Å². The van der Waals surface area contributed by atoms with Crippen LogP contribution in [-0.2, 0) is 9.53 Å². The summed E-state index contributed by atoms with van der Waals surface area (Å²) >= 11 is 3.36. The molecule has 8 heteroatoms. The molecule has 0 radical (unpaired) electrons. The van der Waals surface area contributed by atoms with Gasteiger partial charge in [-0.1, -0.05) is 15.9 Å². The molecular formula is C14H14BrNO6. The van der Waals surface area contributed by atoms with Crippen LogP contribution in [0.1, 0.15) is 25.3 Å². The topological polar surface area (TPSA) is 87.9 Å².